The van der Waals surface area contributed by atoms with E-state index in [0.717, 1.165) is 0 Å². The predicted octanol–water partition coefficient (Wildman–Crippen LogP) is 4.33. The van der Waals surface area contributed by atoms with Gasteiger partial charge in [0.2, 0.25) is 0 Å². The van der Waals surface area contributed by atoms with E-state index in [2.05, 4.69) is 10.6 Å². The highest BCUT2D eigenvalue weighted by Gasteiger charge is 2.15. The van der Waals surface area contributed by atoms with Gasteiger partial charge in [-0.15, -0.1) is 0 Å². The molecule has 0 radical (unpaired) electrons. The number of hydrogen-bond acceptors (Lipinski definition) is 4. The zero-order chi connectivity index (χ0) is 22.1. The summed E-state index contributed by atoms with van der Waals surface area (Å²) in [5, 5.41) is 5.79. The number of benzene rings is 2. The second kappa shape index (κ2) is 11.3. The smallest absolute Gasteiger partial charge is 0.261 e. The topological polar surface area (TPSA) is 70.7 Å². The molecule has 0 bridgehead atoms. The maximum Gasteiger partial charge on any atom is 0.261 e. The third kappa shape index (κ3) is 6.56. The molecular formula is C23H29N3O3S. The largest absolute Gasteiger partial charge is 0.492 e. The van der Waals surface area contributed by atoms with Gasteiger partial charge < -0.3 is 15.0 Å². The molecular weight excluding hydrogens is 398 g/mol. The summed E-state index contributed by atoms with van der Waals surface area (Å²) in [7, 11) is 0. The van der Waals surface area contributed by atoms with Crippen molar-refractivity contribution in [1.82, 2.24) is 10.2 Å². The molecule has 0 aromatic heterocycles. The Hall–Kier alpha value is -2.93. The van der Waals surface area contributed by atoms with Gasteiger partial charge in [-0.1, -0.05) is 32.0 Å². The van der Waals surface area contributed by atoms with Crippen molar-refractivity contribution >= 4 is 34.8 Å². The van der Waals surface area contributed by atoms with Crippen molar-refractivity contribution < 1.29 is 14.3 Å². The Morgan fingerprint density at radius 3 is 2.43 bits per heavy atom. The minimum absolute atomic E-state index is 0.0465. The van der Waals surface area contributed by atoms with Crippen molar-refractivity contribution in [2.45, 2.75) is 27.7 Å². The lowest BCUT2D eigenvalue weighted by atomic mass is 10.1. The molecule has 0 spiro atoms. The van der Waals surface area contributed by atoms with Gasteiger partial charge in [0.1, 0.15) is 5.75 Å². The van der Waals surface area contributed by atoms with Crippen LogP contribution >= 0.6 is 12.2 Å². The van der Waals surface area contributed by atoms with Gasteiger partial charge in [-0.05, 0) is 62.3 Å². The molecule has 0 aliphatic rings. The summed E-state index contributed by atoms with van der Waals surface area (Å²) in [5.74, 6) is 0.450. The van der Waals surface area contributed by atoms with Crippen LogP contribution < -0.4 is 15.4 Å². The summed E-state index contributed by atoms with van der Waals surface area (Å²) in [6.07, 6.45) is 0. The highest BCUT2D eigenvalue weighted by molar-refractivity contribution is 7.80. The summed E-state index contributed by atoms with van der Waals surface area (Å²) >= 11 is 5.29. The number of carbonyl (C=O) groups is 2. The number of para-hydroxylation sites is 1. The van der Waals surface area contributed by atoms with Crippen molar-refractivity contribution in [3.05, 3.63) is 59.7 Å². The van der Waals surface area contributed by atoms with E-state index >= 15 is 0 Å². The molecule has 7 heteroatoms. The fourth-order valence-corrected chi connectivity index (χ4v) is 3.00. The fraction of sp³-hybridized carbons (Fsp3) is 0.348. The van der Waals surface area contributed by atoms with Crippen molar-refractivity contribution in [1.29, 1.82) is 0 Å². The van der Waals surface area contributed by atoms with Crippen LogP contribution in [0.3, 0.4) is 0 Å². The number of nitrogens with one attached hydrogen (secondary N) is 2. The number of hydrogen-bond donors (Lipinski definition) is 2. The standard InChI is InChI=1S/C23H29N3O3S/c1-5-26(6-2)22(28)17-10-9-11-18(14-17)24-23(30)25-21(27)19-12-7-8-13-20(19)29-15-16(3)4/h7-14,16H,5-6,15H2,1-4H3,(H2,24,25,27,30). The summed E-state index contributed by atoms with van der Waals surface area (Å²) in [6, 6.07) is 14.1. The van der Waals surface area contributed by atoms with Crippen LogP contribution in [-0.2, 0) is 0 Å². The van der Waals surface area contributed by atoms with Gasteiger partial charge >= 0.3 is 0 Å². The number of ether oxygens (including phenoxy) is 1. The molecule has 160 valence electrons. The highest BCUT2D eigenvalue weighted by atomic mass is 32.1. The Labute approximate surface area is 183 Å². The average Bonchev–Trinajstić information content (AvgIpc) is 2.73. The molecule has 30 heavy (non-hydrogen) atoms. The van der Waals surface area contributed by atoms with Crippen molar-refractivity contribution in [3.8, 4) is 5.75 Å². The first-order chi connectivity index (χ1) is 14.3. The van der Waals surface area contributed by atoms with Gasteiger partial charge in [0, 0.05) is 24.3 Å². The Morgan fingerprint density at radius 2 is 1.77 bits per heavy atom. The molecule has 0 unspecified atom stereocenters. The molecule has 0 saturated carbocycles. The van der Waals surface area contributed by atoms with Crippen LogP contribution in [0.2, 0.25) is 0 Å². The lowest BCUT2D eigenvalue weighted by Crippen LogP contribution is -2.34. The first-order valence-corrected chi connectivity index (χ1v) is 10.5. The van der Waals surface area contributed by atoms with Crippen LogP contribution in [0.4, 0.5) is 5.69 Å². The maximum atomic E-state index is 12.7. The monoisotopic (exact) mass is 427 g/mol. The summed E-state index contributed by atoms with van der Waals surface area (Å²) < 4.78 is 5.74. The second-order valence-electron chi connectivity index (χ2n) is 7.17. The van der Waals surface area contributed by atoms with E-state index in [4.69, 9.17) is 17.0 Å². The molecule has 2 aromatic carbocycles. The molecule has 0 aliphatic carbocycles. The minimum atomic E-state index is -0.359. The maximum absolute atomic E-state index is 12.7. The van der Waals surface area contributed by atoms with Crippen molar-refractivity contribution in [2.24, 2.45) is 5.92 Å². The normalized spacial score (nSPS) is 10.4. The van der Waals surface area contributed by atoms with E-state index in [1.54, 1.807) is 47.4 Å². The number of rotatable bonds is 8. The fourth-order valence-electron chi connectivity index (χ4n) is 2.79. The molecule has 6 nitrogen and oxygen atoms in total. The van der Waals surface area contributed by atoms with Crippen LogP contribution in [0.15, 0.2) is 48.5 Å². The van der Waals surface area contributed by atoms with E-state index < -0.39 is 0 Å². The molecule has 0 saturated heterocycles. The molecule has 2 rings (SSSR count). The highest BCUT2D eigenvalue weighted by Crippen LogP contribution is 2.19. The van der Waals surface area contributed by atoms with Gasteiger partial charge in [0.05, 0.1) is 12.2 Å². The Kier molecular flexibility index (Phi) is 8.80. The van der Waals surface area contributed by atoms with Crippen molar-refractivity contribution in [2.75, 3.05) is 25.0 Å². The molecule has 0 heterocycles. The lowest BCUT2D eigenvalue weighted by molar-refractivity contribution is 0.0772. The van der Waals surface area contributed by atoms with E-state index in [9.17, 15) is 9.59 Å². The van der Waals surface area contributed by atoms with Crippen LogP contribution in [0, 0.1) is 5.92 Å². The van der Waals surface area contributed by atoms with Gasteiger partial charge in [0.25, 0.3) is 11.8 Å². The third-order valence-corrected chi connectivity index (χ3v) is 4.55. The zero-order valence-corrected chi connectivity index (χ0v) is 18.7. The quantitative estimate of drug-likeness (QED) is 0.614. The second-order valence-corrected chi connectivity index (χ2v) is 7.58. The third-order valence-electron chi connectivity index (χ3n) is 4.35. The van der Waals surface area contributed by atoms with E-state index in [1.807, 2.05) is 33.8 Å². The van der Waals surface area contributed by atoms with Gasteiger partial charge in [-0.2, -0.15) is 0 Å². The summed E-state index contributed by atoms with van der Waals surface area (Å²) in [5.41, 5.74) is 1.60. The molecule has 2 N–H and O–H groups in total. The molecule has 2 amide bonds. The summed E-state index contributed by atoms with van der Waals surface area (Å²) in [4.78, 5) is 27.0. The molecule has 2 aromatic rings. The number of carbonyl (C=O) groups excluding carboxylic acids is 2. The van der Waals surface area contributed by atoms with Gasteiger partial charge in [0.15, 0.2) is 5.11 Å². The first-order valence-electron chi connectivity index (χ1n) is 10.1. The van der Waals surface area contributed by atoms with Gasteiger partial charge in [-0.25, -0.2) is 0 Å². The Bertz CT molecular complexity index is 895. The van der Waals surface area contributed by atoms with Crippen LogP contribution in [0.25, 0.3) is 0 Å². The van der Waals surface area contributed by atoms with E-state index in [0.29, 0.717) is 48.2 Å². The number of nitrogens with zero attached hydrogens (tertiary/aromatic N) is 1. The average molecular weight is 428 g/mol. The molecule has 0 fully saturated rings. The SMILES string of the molecule is CCN(CC)C(=O)c1cccc(NC(=S)NC(=O)c2ccccc2OCC(C)C)c1. The van der Waals surface area contributed by atoms with Crippen LogP contribution in [0.1, 0.15) is 48.4 Å². The predicted molar refractivity (Wildman–Crippen MR) is 124 cm³/mol. The zero-order valence-electron chi connectivity index (χ0n) is 17.9. The number of amides is 2. The first kappa shape index (κ1) is 23.3. The van der Waals surface area contributed by atoms with Crippen LogP contribution in [-0.4, -0.2) is 41.5 Å². The number of thiocarbonyl (C=S) groups is 1. The lowest BCUT2D eigenvalue weighted by Gasteiger charge is -2.19. The number of anilines is 1. The van der Waals surface area contributed by atoms with Crippen molar-refractivity contribution in [3.63, 3.8) is 0 Å². The van der Waals surface area contributed by atoms with Gasteiger partial charge in [-0.3, -0.25) is 14.9 Å². The van der Waals surface area contributed by atoms with Crippen LogP contribution in [0.5, 0.6) is 5.75 Å². The Morgan fingerprint density at radius 1 is 1.07 bits per heavy atom. The molecule has 0 aliphatic heterocycles. The summed E-state index contributed by atoms with van der Waals surface area (Å²) in [6.45, 7) is 9.76. The molecule has 0 atom stereocenters. The Balaban J connectivity index is 2.05. The minimum Gasteiger partial charge on any atom is -0.492 e. The van der Waals surface area contributed by atoms with E-state index in [1.165, 1.54) is 0 Å². The van der Waals surface area contributed by atoms with E-state index in [-0.39, 0.29) is 16.9 Å².